The van der Waals surface area contributed by atoms with Gasteiger partial charge in [-0.3, -0.25) is 14.4 Å². The van der Waals surface area contributed by atoms with Crippen molar-refractivity contribution in [3.63, 3.8) is 0 Å². The minimum Gasteiger partial charge on any atom is -0.390 e. The number of benzene rings is 1. The van der Waals surface area contributed by atoms with Crippen LogP contribution in [0, 0.1) is 11.8 Å². The van der Waals surface area contributed by atoms with Crippen LogP contribution < -0.4 is 10.6 Å². The highest BCUT2D eigenvalue weighted by Gasteiger charge is 2.46. The molecule has 0 spiro atoms. The number of hydrogen-bond acceptors (Lipinski definition) is 9. The van der Waals surface area contributed by atoms with E-state index in [9.17, 15) is 33.0 Å². The molecule has 282 valence electrons. The lowest BCUT2D eigenvalue weighted by atomic mass is 9.82. The van der Waals surface area contributed by atoms with E-state index in [0.29, 0.717) is 44.2 Å². The van der Waals surface area contributed by atoms with Gasteiger partial charge >= 0.3 is 0 Å². The van der Waals surface area contributed by atoms with Crippen LogP contribution in [0.1, 0.15) is 83.1 Å². The van der Waals surface area contributed by atoms with E-state index in [2.05, 4.69) is 15.6 Å². The van der Waals surface area contributed by atoms with Crippen LogP contribution in [0.15, 0.2) is 49.1 Å². The highest BCUT2D eigenvalue weighted by Crippen LogP contribution is 2.36. The molecule has 2 aromatic rings. The Labute approximate surface area is 301 Å². The Morgan fingerprint density at radius 1 is 1.00 bits per heavy atom. The standard InChI is InChI=1S/C37H55N5O8S/c1-37(2,36(47)42-17-19-50-20-18-42)51(48,49)24-29(27-11-7-4-8-12-27)22-32(43)39-31(23-41-16-15-38-25-41)35(46)40-30(21-26-9-5-3-6-10-26)34(45)33(44)28-13-14-28/h4,7-8,11-12,15-16,25-26,28-31,33-34,44-45H,3,5-6,9-10,13-14,17-24H2,1-2H3,(H,39,43)(H,40,46)/t29?,30-,31?,33-,34+/m0/s1. The number of nitrogens with one attached hydrogen (secondary N) is 2. The lowest BCUT2D eigenvalue weighted by Gasteiger charge is -2.34. The molecule has 0 radical (unpaired) electrons. The summed E-state index contributed by atoms with van der Waals surface area (Å²) in [5.41, 5.74) is 0.617. The topological polar surface area (TPSA) is 180 Å². The fraction of sp³-hybridized carbons (Fsp3) is 0.676. The van der Waals surface area contributed by atoms with Crippen molar-refractivity contribution in [1.82, 2.24) is 25.1 Å². The number of rotatable bonds is 17. The fourth-order valence-corrected chi connectivity index (χ4v) is 8.98. The smallest absolute Gasteiger partial charge is 0.244 e. The Hall–Kier alpha value is -3.33. The first-order valence-electron chi connectivity index (χ1n) is 18.4. The first-order valence-corrected chi connectivity index (χ1v) is 20.1. The zero-order valence-corrected chi connectivity index (χ0v) is 30.7. The first-order chi connectivity index (χ1) is 24.4. The summed E-state index contributed by atoms with van der Waals surface area (Å²) in [6.07, 6.45) is 9.92. The molecule has 51 heavy (non-hydrogen) atoms. The molecule has 5 atom stereocenters. The molecule has 2 unspecified atom stereocenters. The lowest BCUT2D eigenvalue weighted by molar-refractivity contribution is -0.137. The van der Waals surface area contributed by atoms with E-state index in [1.165, 1.54) is 25.1 Å². The van der Waals surface area contributed by atoms with Gasteiger partial charge in [0.05, 0.1) is 44.0 Å². The number of carbonyl (C=O) groups is 3. The van der Waals surface area contributed by atoms with Crippen LogP contribution in [0.25, 0.3) is 0 Å². The molecule has 0 bridgehead atoms. The van der Waals surface area contributed by atoms with Crippen molar-refractivity contribution in [1.29, 1.82) is 0 Å². The second-order valence-electron chi connectivity index (χ2n) is 15.1. The number of aliphatic hydroxyl groups is 2. The van der Waals surface area contributed by atoms with Gasteiger partial charge in [0.15, 0.2) is 9.84 Å². The van der Waals surface area contributed by atoms with Crippen molar-refractivity contribution in [3.8, 4) is 0 Å². The van der Waals surface area contributed by atoms with Gasteiger partial charge < -0.3 is 35.1 Å². The largest absolute Gasteiger partial charge is 0.390 e. The molecular weight excluding hydrogens is 675 g/mol. The average molecular weight is 730 g/mol. The van der Waals surface area contributed by atoms with Crippen molar-refractivity contribution >= 4 is 27.6 Å². The zero-order chi connectivity index (χ0) is 36.6. The van der Waals surface area contributed by atoms with Gasteiger partial charge in [0.1, 0.15) is 16.9 Å². The molecule has 2 aliphatic carbocycles. The van der Waals surface area contributed by atoms with Gasteiger partial charge in [-0.25, -0.2) is 13.4 Å². The minimum atomic E-state index is -4.09. The predicted octanol–water partition coefficient (Wildman–Crippen LogP) is 2.18. The Balaban J connectivity index is 1.33. The van der Waals surface area contributed by atoms with Crippen LogP contribution in [0.2, 0.25) is 0 Å². The monoisotopic (exact) mass is 729 g/mol. The number of aromatic nitrogens is 2. The molecule has 2 saturated carbocycles. The Morgan fingerprint density at radius 2 is 1.69 bits per heavy atom. The second kappa shape index (κ2) is 17.5. The normalized spacial score (nSPS) is 20.5. The highest BCUT2D eigenvalue weighted by atomic mass is 32.2. The van der Waals surface area contributed by atoms with E-state index in [-0.39, 0.29) is 18.9 Å². The number of imidazole rings is 1. The Morgan fingerprint density at radius 3 is 2.31 bits per heavy atom. The average Bonchev–Trinajstić information content (AvgIpc) is 3.86. The number of morpholine rings is 1. The molecule has 1 aromatic carbocycles. The van der Waals surface area contributed by atoms with E-state index in [0.717, 1.165) is 44.9 Å². The number of ether oxygens (including phenoxy) is 1. The fourth-order valence-electron chi connectivity index (χ4n) is 7.33. The SMILES string of the molecule is CC(C)(C(=O)N1CCOCC1)S(=O)(=O)CC(CC(=O)NC(Cn1ccnc1)C(=O)N[C@@H](CC1CCCCC1)[C@@H](O)[C@@H](O)C1CC1)c1ccccc1. The summed E-state index contributed by atoms with van der Waals surface area (Å²) in [5, 5.41) is 28.0. The van der Waals surface area contributed by atoms with Crippen LogP contribution in [-0.4, -0.2) is 112 Å². The van der Waals surface area contributed by atoms with Crippen LogP contribution in [-0.2, 0) is 35.5 Å². The first kappa shape index (κ1) is 38.9. The van der Waals surface area contributed by atoms with E-state index >= 15 is 0 Å². The molecule has 14 heteroatoms. The van der Waals surface area contributed by atoms with E-state index in [1.807, 2.05) is 0 Å². The zero-order valence-electron chi connectivity index (χ0n) is 29.9. The van der Waals surface area contributed by atoms with Crippen molar-refractivity contribution in [2.45, 2.75) is 113 Å². The molecule has 1 aromatic heterocycles. The summed E-state index contributed by atoms with van der Waals surface area (Å²) >= 11 is 0. The summed E-state index contributed by atoms with van der Waals surface area (Å²) in [6, 6.07) is 7.04. The van der Waals surface area contributed by atoms with E-state index < -0.39 is 68.3 Å². The van der Waals surface area contributed by atoms with Gasteiger partial charge in [0.25, 0.3) is 0 Å². The maximum absolute atomic E-state index is 14.0. The summed E-state index contributed by atoms with van der Waals surface area (Å²) in [7, 11) is -4.09. The van der Waals surface area contributed by atoms with E-state index in [4.69, 9.17) is 4.74 Å². The number of sulfone groups is 1. The number of aliphatic hydroxyl groups excluding tert-OH is 2. The van der Waals surface area contributed by atoms with Crippen LogP contribution in [0.5, 0.6) is 0 Å². The molecular formula is C37H55N5O8S. The van der Waals surface area contributed by atoms with Gasteiger partial charge in [-0.15, -0.1) is 0 Å². The number of nitrogens with zero attached hydrogens (tertiary/aromatic N) is 3. The Kier molecular flexibility index (Phi) is 13.3. The minimum absolute atomic E-state index is 0.00699. The highest BCUT2D eigenvalue weighted by molar-refractivity contribution is 7.93. The molecule has 5 rings (SSSR count). The lowest BCUT2D eigenvalue weighted by Crippen LogP contribution is -2.56. The molecule has 3 fully saturated rings. The maximum Gasteiger partial charge on any atom is 0.244 e. The Bertz CT molecular complexity index is 1540. The summed E-state index contributed by atoms with van der Waals surface area (Å²) < 4.78 is 33.2. The molecule has 4 N–H and O–H groups in total. The molecule has 3 amide bonds. The quantitative estimate of drug-likeness (QED) is 0.190. The van der Waals surface area contributed by atoms with Gasteiger partial charge in [-0.1, -0.05) is 62.4 Å². The van der Waals surface area contributed by atoms with Crippen molar-refractivity contribution in [2.75, 3.05) is 32.1 Å². The maximum atomic E-state index is 14.0. The van der Waals surface area contributed by atoms with Crippen LogP contribution >= 0.6 is 0 Å². The van der Waals surface area contributed by atoms with Gasteiger partial charge in [-0.05, 0) is 50.5 Å². The molecule has 3 aliphatic rings. The summed E-state index contributed by atoms with van der Waals surface area (Å²) in [4.78, 5) is 46.9. The summed E-state index contributed by atoms with van der Waals surface area (Å²) in [6.45, 7) is 4.15. The second-order valence-corrected chi connectivity index (χ2v) is 17.6. The molecule has 1 saturated heterocycles. The van der Waals surface area contributed by atoms with Gasteiger partial charge in [-0.2, -0.15) is 0 Å². The third-order valence-corrected chi connectivity index (χ3v) is 13.4. The van der Waals surface area contributed by atoms with Crippen LogP contribution in [0.3, 0.4) is 0 Å². The number of hydrogen-bond donors (Lipinski definition) is 4. The van der Waals surface area contributed by atoms with Crippen LogP contribution in [0.4, 0.5) is 0 Å². The predicted molar refractivity (Wildman–Crippen MR) is 191 cm³/mol. The van der Waals surface area contributed by atoms with Crippen molar-refractivity contribution in [3.05, 3.63) is 54.6 Å². The number of carbonyl (C=O) groups excluding carboxylic acids is 3. The van der Waals surface area contributed by atoms with Gasteiger partial charge in [0, 0.05) is 37.8 Å². The van der Waals surface area contributed by atoms with Crippen molar-refractivity contribution < 1.29 is 37.8 Å². The van der Waals surface area contributed by atoms with Crippen molar-refractivity contribution in [2.24, 2.45) is 11.8 Å². The van der Waals surface area contributed by atoms with E-state index in [1.54, 1.807) is 47.3 Å². The molecule has 2 heterocycles. The molecule has 1 aliphatic heterocycles. The third-order valence-electron chi connectivity index (χ3n) is 10.8. The molecule has 13 nitrogen and oxygen atoms in total. The summed E-state index contributed by atoms with van der Waals surface area (Å²) in [5.74, 6) is -2.51. The van der Waals surface area contributed by atoms with Gasteiger partial charge in [0.2, 0.25) is 17.7 Å². The third kappa shape index (κ3) is 10.4. The number of amides is 3.